The molecule has 0 spiro atoms. The largest absolute Gasteiger partial charge is 0.493 e. The van der Waals surface area contributed by atoms with Crippen LogP contribution in [0.4, 0.5) is 0 Å². The fraction of sp³-hybridized carbons (Fsp3) is 0.400. The molecule has 4 nitrogen and oxygen atoms in total. The molecule has 0 radical (unpaired) electrons. The summed E-state index contributed by atoms with van der Waals surface area (Å²) in [6, 6.07) is 4.02. The molecule has 21 heavy (non-hydrogen) atoms. The Balaban J connectivity index is 2.14. The summed E-state index contributed by atoms with van der Waals surface area (Å²) in [5.74, 6) is 1.43. The van der Waals surface area contributed by atoms with Gasteiger partial charge in [0.2, 0.25) is 0 Å². The molecular weight excluding hydrogens is 352 g/mol. The van der Waals surface area contributed by atoms with Gasteiger partial charge in [-0.1, -0.05) is 6.92 Å². The van der Waals surface area contributed by atoms with Crippen LogP contribution in [0.5, 0.6) is 11.5 Å². The smallest absolute Gasteiger partial charge is 0.175 e. The zero-order valence-corrected chi connectivity index (χ0v) is 14.8. The molecule has 1 aromatic heterocycles. The number of benzene rings is 1. The van der Waals surface area contributed by atoms with Crippen LogP contribution < -0.4 is 14.8 Å². The molecule has 0 unspecified atom stereocenters. The van der Waals surface area contributed by atoms with Crippen LogP contribution in [0, 0.1) is 0 Å². The lowest BCUT2D eigenvalue weighted by Crippen LogP contribution is -2.06. The summed E-state index contributed by atoms with van der Waals surface area (Å²) in [7, 11) is 3.56. The fourth-order valence-electron chi connectivity index (χ4n) is 1.94. The highest BCUT2D eigenvalue weighted by Crippen LogP contribution is 2.37. The number of aryl methyl sites for hydroxylation is 1. The van der Waals surface area contributed by atoms with Gasteiger partial charge in [-0.2, -0.15) is 0 Å². The predicted octanol–water partition coefficient (Wildman–Crippen LogP) is 3.78. The zero-order valence-electron chi connectivity index (χ0n) is 12.4. The number of hydrogen-bond donors (Lipinski definition) is 1. The number of aromatic nitrogens is 1. The first-order valence-electron chi connectivity index (χ1n) is 6.75. The van der Waals surface area contributed by atoms with Gasteiger partial charge in [-0.25, -0.2) is 4.98 Å². The highest BCUT2D eigenvalue weighted by molar-refractivity contribution is 9.10. The third-order valence-corrected chi connectivity index (χ3v) is 4.57. The van der Waals surface area contributed by atoms with Crippen molar-refractivity contribution in [2.24, 2.45) is 0 Å². The Hall–Kier alpha value is -1.11. The van der Waals surface area contributed by atoms with Gasteiger partial charge in [-0.05, 0) is 47.1 Å². The normalized spacial score (nSPS) is 10.7. The molecule has 0 bridgehead atoms. The monoisotopic (exact) mass is 370 g/mol. The topological polar surface area (TPSA) is 43.4 Å². The second-order valence-electron chi connectivity index (χ2n) is 4.51. The third-order valence-electron chi connectivity index (χ3n) is 2.94. The standard InChI is InChI=1S/C15H19BrN2O2S/c1-4-14-18-11(9-21-14)8-20-15-12(16)5-10(7-17-2)6-13(15)19-3/h5-6,9,17H,4,7-8H2,1-3H3. The minimum Gasteiger partial charge on any atom is -0.493 e. The number of rotatable bonds is 7. The molecule has 2 aromatic rings. The Labute approximate surface area is 137 Å². The van der Waals surface area contributed by atoms with E-state index in [-0.39, 0.29) is 0 Å². The first-order chi connectivity index (χ1) is 10.2. The van der Waals surface area contributed by atoms with Gasteiger partial charge in [0.1, 0.15) is 6.61 Å². The second-order valence-corrected chi connectivity index (χ2v) is 6.31. The number of ether oxygens (including phenoxy) is 2. The van der Waals surface area contributed by atoms with Gasteiger partial charge in [0.15, 0.2) is 11.5 Å². The third kappa shape index (κ3) is 4.18. The van der Waals surface area contributed by atoms with Crippen molar-refractivity contribution in [3.05, 3.63) is 38.3 Å². The van der Waals surface area contributed by atoms with Gasteiger partial charge in [0.05, 0.1) is 22.3 Å². The van der Waals surface area contributed by atoms with Gasteiger partial charge in [0, 0.05) is 11.9 Å². The van der Waals surface area contributed by atoms with Crippen molar-refractivity contribution in [3.63, 3.8) is 0 Å². The van der Waals surface area contributed by atoms with Crippen LogP contribution in [-0.2, 0) is 19.6 Å². The molecule has 0 saturated heterocycles. The van der Waals surface area contributed by atoms with Crippen molar-refractivity contribution in [2.45, 2.75) is 26.5 Å². The lowest BCUT2D eigenvalue weighted by Gasteiger charge is -2.13. The van der Waals surface area contributed by atoms with Gasteiger partial charge < -0.3 is 14.8 Å². The Morgan fingerprint density at radius 3 is 2.81 bits per heavy atom. The minimum atomic E-state index is 0.441. The molecule has 114 valence electrons. The van der Waals surface area contributed by atoms with Gasteiger partial charge in [-0.15, -0.1) is 11.3 Å². The van der Waals surface area contributed by atoms with Crippen molar-refractivity contribution >= 4 is 27.3 Å². The molecule has 0 fully saturated rings. The van der Waals surface area contributed by atoms with E-state index in [0.717, 1.165) is 39.5 Å². The van der Waals surface area contributed by atoms with E-state index >= 15 is 0 Å². The van der Waals surface area contributed by atoms with E-state index in [2.05, 4.69) is 33.2 Å². The maximum absolute atomic E-state index is 5.89. The summed E-state index contributed by atoms with van der Waals surface area (Å²) < 4.78 is 12.2. The van der Waals surface area contributed by atoms with Crippen molar-refractivity contribution in [1.29, 1.82) is 0 Å². The Morgan fingerprint density at radius 1 is 1.38 bits per heavy atom. The number of methoxy groups -OCH3 is 1. The molecular formula is C15H19BrN2O2S. The average Bonchev–Trinajstić information content (AvgIpc) is 2.94. The van der Waals surface area contributed by atoms with Crippen LogP contribution in [0.3, 0.4) is 0 Å². The first kappa shape index (κ1) is 16.3. The summed E-state index contributed by atoms with van der Waals surface area (Å²) in [6.07, 6.45) is 0.955. The SMILES string of the molecule is CCc1nc(COc2c(Br)cc(CNC)cc2OC)cs1. The molecule has 0 aliphatic rings. The number of thiazole rings is 1. The first-order valence-corrected chi connectivity index (χ1v) is 8.42. The lowest BCUT2D eigenvalue weighted by atomic mass is 10.2. The maximum Gasteiger partial charge on any atom is 0.175 e. The quantitative estimate of drug-likeness (QED) is 0.805. The number of hydrogen-bond acceptors (Lipinski definition) is 5. The van der Waals surface area contributed by atoms with Crippen LogP contribution in [0.2, 0.25) is 0 Å². The average molecular weight is 371 g/mol. The van der Waals surface area contributed by atoms with Crippen molar-refractivity contribution < 1.29 is 9.47 Å². The molecule has 0 amide bonds. The van der Waals surface area contributed by atoms with E-state index in [1.165, 1.54) is 0 Å². The predicted molar refractivity (Wildman–Crippen MR) is 89.3 cm³/mol. The van der Waals surface area contributed by atoms with E-state index in [0.29, 0.717) is 12.4 Å². The minimum absolute atomic E-state index is 0.441. The summed E-state index contributed by atoms with van der Waals surface area (Å²) >= 11 is 5.22. The Bertz CT molecular complexity index is 601. The molecule has 1 aromatic carbocycles. The summed E-state index contributed by atoms with van der Waals surface area (Å²) in [4.78, 5) is 4.50. The van der Waals surface area contributed by atoms with E-state index in [1.807, 2.05) is 24.6 Å². The zero-order chi connectivity index (χ0) is 15.2. The van der Waals surface area contributed by atoms with Gasteiger partial charge in [-0.3, -0.25) is 0 Å². The molecule has 1 N–H and O–H groups in total. The Morgan fingerprint density at radius 2 is 2.19 bits per heavy atom. The molecule has 1 heterocycles. The van der Waals surface area contributed by atoms with Crippen LogP contribution >= 0.6 is 27.3 Å². The number of nitrogens with zero attached hydrogens (tertiary/aromatic N) is 1. The van der Waals surface area contributed by atoms with Crippen molar-refractivity contribution in [1.82, 2.24) is 10.3 Å². The van der Waals surface area contributed by atoms with Gasteiger partial charge >= 0.3 is 0 Å². The summed E-state index contributed by atoms with van der Waals surface area (Å²) in [5.41, 5.74) is 2.08. The summed E-state index contributed by atoms with van der Waals surface area (Å²) in [6.45, 7) is 3.32. The van der Waals surface area contributed by atoms with Crippen LogP contribution in [0.1, 0.15) is 23.2 Å². The second kappa shape index (κ2) is 7.77. The van der Waals surface area contributed by atoms with Crippen molar-refractivity contribution in [3.8, 4) is 11.5 Å². The van der Waals surface area contributed by atoms with E-state index < -0.39 is 0 Å². The van der Waals surface area contributed by atoms with Gasteiger partial charge in [0.25, 0.3) is 0 Å². The highest BCUT2D eigenvalue weighted by Gasteiger charge is 2.12. The highest BCUT2D eigenvalue weighted by atomic mass is 79.9. The Kier molecular flexibility index (Phi) is 6.02. The molecule has 6 heteroatoms. The van der Waals surface area contributed by atoms with Crippen LogP contribution in [0.15, 0.2) is 22.0 Å². The molecule has 0 aliphatic heterocycles. The maximum atomic E-state index is 5.89. The molecule has 0 saturated carbocycles. The number of nitrogens with one attached hydrogen (secondary N) is 1. The fourth-order valence-corrected chi connectivity index (χ4v) is 3.28. The van der Waals surface area contributed by atoms with E-state index in [9.17, 15) is 0 Å². The molecule has 2 rings (SSSR count). The van der Waals surface area contributed by atoms with E-state index in [1.54, 1.807) is 18.4 Å². The summed E-state index contributed by atoms with van der Waals surface area (Å²) in [5, 5.41) is 6.29. The van der Waals surface area contributed by atoms with Crippen molar-refractivity contribution in [2.75, 3.05) is 14.2 Å². The lowest BCUT2D eigenvalue weighted by molar-refractivity contribution is 0.279. The van der Waals surface area contributed by atoms with E-state index in [4.69, 9.17) is 9.47 Å². The van der Waals surface area contributed by atoms with Crippen LogP contribution in [0.25, 0.3) is 0 Å². The molecule has 0 atom stereocenters. The molecule has 0 aliphatic carbocycles. The van der Waals surface area contributed by atoms with Crippen LogP contribution in [-0.4, -0.2) is 19.1 Å². The number of halogens is 1.